The lowest BCUT2D eigenvalue weighted by Crippen LogP contribution is -1.96. The van der Waals surface area contributed by atoms with Crippen LogP contribution < -0.4 is 5.73 Å². The SMILES string of the molecule is Cc1nc(N)cn1-c1cncnc1. The van der Waals surface area contributed by atoms with Crippen LogP contribution in [0.25, 0.3) is 5.69 Å². The van der Waals surface area contributed by atoms with E-state index >= 15 is 0 Å². The summed E-state index contributed by atoms with van der Waals surface area (Å²) in [6.45, 7) is 1.88. The average molecular weight is 175 g/mol. The molecule has 0 bridgehead atoms. The van der Waals surface area contributed by atoms with Gasteiger partial charge in [-0.25, -0.2) is 15.0 Å². The van der Waals surface area contributed by atoms with Crippen molar-refractivity contribution in [3.8, 4) is 5.69 Å². The zero-order valence-electron chi connectivity index (χ0n) is 7.18. The third-order valence-corrected chi connectivity index (χ3v) is 1.73. The van der Waals surface area contributed by atoms with Crippen molar-refractivity contribution in [1.29, 1.82) is 0 Å². The summed E-state index contributed by atoms with van der Waals surface area (Å²) in [5.41, 5.74) is 6.41. The number of hydrogen-bond donors (Lipinski definition) is 1. The largest absolute Gasteiger partial charge is 0.382 e. The van der Waals surface area contributed by atoms with Gasteiger partial charge in [-0.2, -0.15) is 0 Å². The van der Waals surface area contributed by atoms with Crippen LogP contribution in [0.15, 0.2) is 24.9 Å². The standard InChI is InChI=1S/C8H9N5/c1-6-12-8(9)4-13(6)7-2-10-5-11-3-7/h2-5H,9H2,1H3. The first-order valence-electron chi connectivity index (χ1n) is 3.84. The highest BCUT2D eigenvalue weighted by Crippen LogP contribution is 2.10. The normalized spacial score (nSPS) is 10.2. The minimum absolute atomic E-state index is 0.501. The molecule has 0 unspecified atom stereocenters. The van der Waals surface area contributed by atoms with Gasteiger partial charge in [0.25, 0.3) is 0 Å². The molecule has 0 aromatic carbocycles. The quantitative estimate of drug-likeness (QED) is 0.687. The van der Waals surface area contributed by atoms with E-state index in [9.17, 15) is 0 Å². The van der Waals surface area contributed by atoms with Gasteiger partial charge >= 0.3 is 0 Å². The van der Waals surface area contributed by atoms with Gasteiger partial charge in [0.2, 0.25) is 0 Å². The van der Waals surface area contributed by atoms with Gasteiger partial charge in [-0.1, -0.05) is 0 Å². The molecule has 66 valence electrons. The number of nitrogen functional groups attached to an aromatic ring is 1. The van der Waals surface area contributed by atoms with Crippen molar-refractivity contribution < 1.29 is 0 Å². The van der Waals surface area contributed by atoms with E-state index in [4.69, 9.17) is 5.73 Å². The Morgan fingerprint density at radius 3 is 2.54 bits per heavy atom. The Labute approximate surface area is 75.3 Å². The van der Waals surface area contributed by atoms with E-state index in [-0.39, 0.29) is 0 Å². The maximum atomic E-state index is 5.54. The second-order valence-electron chi connectivity index (χ2n) is 2.68. The maximum Gasteiger partial charge on any atom is 0.142 e. The number of imidazole rings is 1. The number of hydrogen-bond acceptors (Lipinski definition) is 4. The van der Waals surface area contributed by atoms with E-state index in [1.54, 1.807) is 18.6 Å². The van der Waals surface area contributed by atoms with Gasteiger partial charge in [0.05, 0.1) is 24.3 Å². The van der Waals surface area contributed by atoms with Crippen LogP contribution in [0.5, 0.6) is 0 Å². The molecule has 2 aromatic rings. The van der Waals surface area contributed by atoms with E-state index in [2.05, 4.69) is 15.0 Å². The predicted molar refractivity (Wildman–Crippen MR) is 48.3 cm³/mol. The van der Waals surface area contributed by atoms with Crippen molar-refractivity contribution in [2.45, 2.75) is 6.92 Å². The molecule has 0 aliphatic rings. The van der Waals surface area contributed by atoms with Crippen molar-refractivity contribution in [3.05, 3.63) is 30.7 Å². The fourth-order valence-corrected chi connectivity index (χ4v) is 1.17. The summed E-state index contributed by atoms with van der Waals surface area (Å²) in [6.07, 6.45) is 6.65. The molecule has 0 amide bonds. The molecule has 5 heteroatoms. The van der Waals surface area contributed by atoms with Crippen LogP contribution >= 0.6 is 0 Å². The van der Waals surface area contributed by atoms with Crippen molar-refractivity contribution in [1.82, 2.24) is 19.5 Å². The highest BCUT2D eigenvalue weighted by molar-refractivity contribution is 5.35. The van der Waals surface area contributed by atoms with E-state index in [1.807, 2.05) is 11.5 Å². The third-order valence-electron chi connectivity index (χ3n) is 1.73. The Kier molecular flexibility index (Phi) is 1.70. The number of aromatic nitrogens is 4. The summed E-state index contributed by atoms with van der Waals surface area (Å²) in [5.74, 6) is 1.33. The summed E-state index contributed by atoms with van der Waals surface area (Å²) in [6, 6.07) is 0. The first kappa shape index (κ1) is 7.72. The minimum Gasteiger partial charge on any atom is -0.382 e. The lowest BCUT2D eigenvalue weighted by atomic mass is 10.5. The molecule has 2 N–H and O–H groups in total. The first-order chi connectivity index (χ1) is 6.27. The van der Waals surface area contributed by atoms with Gasteiger partial charge < -0.3 is 5.73 Å². The fourth-order valence-electron chi connectivity index (χ4n) is 1.17. The molecule has 0 atom stereocenters. The lowest BCUT2D eigenvalue weighted by molar-refractivity contribution is 0.948. The number of anilines is 1. The minimum atomic E-state index is 0.501. The summed E-state index contributed by atoms with van der Waals surface area (Å²) in [5, 5.41) is 0. The van der Waals surface area contributed by atoms with Crippen LogP contribution in [0.1, 0.15) is 5.82 Å². The van der Waals surface area contributed by atoms with Crippen LogP contribution in [0.2, 0.25) is 0 Å². The van der Waals surface area contributed by atoms with Crippen LogP contribution in [0.4, 0.5) is 5.82 Å². The molecule has 0 saturated heterocycles. The second-order valence-corrected chi connectivity index (χ2v) is 2.68. The van der Waals surface area contributed by atoms with Gasteiger partial charge in [-0.05, 0) is 6.92 Å². The second kappa shape index (κ2) is 2.85. The first-order valence-corrected chi connectivity index (χ1v) is 3.84. The zero-order chi connectivity index (χ0) is 9.26. The molecular formula is C8H9N5. The molecule has 0 spiro atoms. The monoisotopic (exact) mass is 175 g/mol. The number of nitrogens with zero attached hydrogens (tertiary/aromatic N) is 4. The summed E-state index contributed by atoms with van der Waals surface area (Å²) >= 11 is 0. The van der Waals surface area contributed by atoms with E-state index < -0.39 is 0 Å². The smallest absolute Gasteiger partial charge is 0.142 e. The van der Waals surface area contributed by atoms with Crippen LogP contribution in [-0.2, 0) is 0 Å². The lowest BCUT2D eigenvalue weighted by Gasteiger charge is -2.01. The summed E-state index contributed by atoms with van der Waals surface area (Å²) < 4.78 is 1.84. The predicted octanol–water partition coefficient (Wildman–Crippen LogP) is 0.553. The molecular weight excluding hydrogens is 166 g/mol. The molecule has 2 aromatic heterocycles. The van der Waals surface area contributed by atoms with Gasteiger partial charge in [0.15, 0.2) is 0 Å². The van der Waals surface area contributed by atoms with Crippen molar-refractivity contribution >= 4 is 5.82 Å². The van der Waals surface area contributed by atoms with Crippen LogP contribution in [0, 0.1) is 6.92 Å². The molecule has 0 aliphatic carbocycles. The fraction of sp³-hybridized carbons (Fsp3) is 0.125. The molecule has 2 heterocycles. The Bertz CT molecular complexity index is 406. The number of rotatable bonds is 1. The van der Waals surface area contributed by atoms with Gasteiger partial charge in [0.1, 0.15) is 18.0 Å². The molecule has 2 rings (SSSR count). The number of aryl methyl sites for hydroxylation is 1. The topological polar surface area (TPSA) is 69.6 Å². The number of nitrogens with two attached hydrogens (primary N) is 1. The molecule has 5 nitrogen and oxygen atoms in total. The maximum absolute atomic E-state index is 5.54. The van der Waals surface area contributed by atoms with Crippen LogP contribution in [0.3, 0.4) is 0 Å². The van der Waals surface area contributed by atoms with Crippen molar-refractivity contribution in [2.24, 2.45) is 0 Å². The Morgan fingerprint density at radius 2 is 2.00 bits per heavy atom. The highest BCUT2D eigenvalue weighted by atomic mass is 15.1. The van der Waals surface area contributed by atoms with Crippen molar-refractivity contribution in [3.63, 3.8) is 0 Å². The molecule has 13 heavy (non-hydrogen) atoms. The Morgan fingerprint density at radius 1 is 1.31 bits per heavy atom. The average Bonchev–Trinajstić information content (AvgIpc) is 2.47. The zero-order valence-corrected chi connectivity index (χ0v) is 7.18. The Balaban J connectivity index is 2.53. The Hall–Kier alpha value is -1.91. The van der Waals surface area contributed by atoms with Crippen LogP contribution in [-0.4, -0.2) is 19.5 Å². The van der Waals surface area contributed by atoms with Crippen molar-refractivity contribution in [2.75, 3.05) is 5.73 Å². The molecule has 0 aliphatic heterocycles. The van der Waals surface area contributed by atoms with E-state index in [1.165, 1.54) is 6.33 Å². The summed E-state index contributed by atoms with van der Waals surface area (Å²) in [7, 11) is 0. The van der Waals surface area contributed by atoms with Gasteiger partial charge in [0, 0.05) is 0 Å². The molecule has 0 fully saturated rings. The van der Waals surface area contributed by atoms with Gasteiger partial charge in [-0.3, -0.25) is 4.57 Å². The molecule has 0 radical (unpaired) electrons. The van der Waals surface area contributed by atoms with E-state index in [0.29, 0.717) is 5.82 Å². The van der Waals surface area contributed by atoms with Gasteiger partial charge in [-0.15, -0.1) is 0 Å². The summed E-state index contributed by atoms with van der Waals surface area (Å²) in [4.78, 5) is 11.9. The highest BCUT2D eigenvalue weighted by Gasteiger charge is 2.02. The third kappa shape index (κ3) is 1.35. The molecule has 0 saturated carbocycles. The van der Waals surface area contributed by atoms with E-state index in [0.717, 1.165) is 11.5 Å².